The van der Waals surface area contributed by atoms with Crippen molar-refractivity contribution in [3.05, 3.63) is 89.0 Å². The van der Waals surface area contributed by atoms with Crippen LogP contribution in [0.4, 0.5) is 10.1 Å². The summed E-state index contributed by atoms with van der Waals surface area (Å²) >= 11 is 1.20. The number of rotatable bonds is 7. The standard InChI is InChI=1S/C24H22FN3O4S2/c1-27(18-7-4-3-5-8-18)34(30,31)19-13-11-17(12-14-19)23(29)26-24-28(15-16-32-2)22-20(25)9-6-10-21(22)33-24/h3-14H,15-16H2,1-2H3. The molecule has 0 aliphatic heterocycles. The van der Waals surface area contributed by atoms with Gasteiger partial charge in [-0.1, -0.05) is 35.6 Å². The number of ether oxygens (including phenoxy) is 1. The van der Waals surface area contributed by atoms with Gasteiger partial charge in [0, 0.05) is 26.3 Å². The monoisotopic (exact) mass is 499 g/mol. The molecule has 3 aromatic carbocycles. The van der Waals surface area contributed by atoms with E-state index in [0.29, 0.717) is 33.9 Å². The lowest BCUT2D eigenvalue weighted by molar-refractivity contribution is 0.0997. The van der Waals surface area contributed by atoms with Gasteiger partial charge in [-0.3, -0.25) is 9.10 Å². The zero-order valence-corrected chi connectivity index (χ0v) is 20.1. The molecule has 0 N–H and O–H groups in total. The molecule has 4 aromatic rings. The number of carbonyl (C=O) groups is 1. The Labute approximate surface area is 200 Å². The number of methoxy groups -OCH3 is 1. The number of carbonyl (C=O) groups excluding carboxylic acids is 1. The Balaban J connectivity index is 1.66. The number of nitrogens with zero attached hydrogens (tertiary/aromatic N) is 3. The van der Waals surface area contributed by atoms with Crippen molar-refractivity contribution < 1.29 is 22.3 Å². The highest BCUT2D eigenvalue weighted by Crippen LogP contribution is 2.23. The van der Waals surface area contributed by atoms with Gasteiger partial charge in [-0.25, -0.2) is 12.8 Å². The van der Waals surface area contributed by atoms with Gasteiger partial charge in [0.05, 0.1) is 27.4 Å². The number of hydrogen-bond donors (Lipinski definition) is 0. The van der Waals surface area contributed by atoms with Crippen LogP contribution in [-0.2, 0) is 21.3 Å². The van der Waals surface area contributed by atoms with Crippen molar-refractivity contribution in [1.82, 2.24) is 4.57 Å². The Bertz CT molecular complexity index is 1500. The molecule has 7 nitrogen and oxygen atoms in total. The van der Waals surface area contributed by atoms with Crippen LogP contribution in [0.15, 0.2) is 82.7 Å². The molecule has 0 aliphatic rings. The molecule has 1 aromatic heterocycles. The second-order valence-electron chi connectivity index (χ2n) is 7.37. The van der Waals surface area contributed by atoms with Crippen LogP contribution < -0.4 is 9.11 Å². The quantitative estimate of drug-likeness (QED) is 0.384. The minimum atomic E-state index is -3.80. The van der Waals surface area contributed by atoms with Crippen molar-refractivity contribution in [2.24, 2.45) is 4.99 Å². The first-order valence-corrected chi connectivity index (χ1v) is 12.6. The van der Waals surface area contributed by atoms with E-state index in [1.165, 1.54) is 60.1 Å². The van der Waals surface area contributed by atoms with Crippen LogP contribution in [-0.4, -0.2) is 39.7 Å². The van der Waals surface area contributed by atoms with Gasteiger partial charge in [0.1, 0.15) is 5.82 Å². The lowest BCUT2D eigenvalue weighted by atomic mass is 10.2. The number of aromatic nitrogens is 1. The molecule has 176 valence electrons. The lowest BCUT2D eigenvalue weighted by Crippen LogP contribution is -2.26. The summed E-state index contributed by atoms with van der Waals surface area (Å²) in [5.74, 6) is -0.964. The highest BCUT2D eigenvalue weighted by molar-refractivity contribution is 7.92. The van der Waals surface area contributed by atoms with E-state index in [9.17, 15) is 17.6 Å². The molecule has 0 atom stereocenters. The van der Waals surface area contributed by atoms with E-state index in [1.54, 1.807) is 47.0 Å². The number of benzene rings is 3. The first-order chi connectivity index (χ1) is 16.3. The maximum Gasteiger partial charge on any atom is 0.279 e. The molecule has 34 heavy (non-hydrogen) atoms. The summed E-state index contributed by atoms with van der Waals surface area (Å²) in [7, 11) is -0.788. The van der Waals surface area contributed by atoms with E-state index >= 15 is 0 Å². The number of anilines is 1. The summed E-state index contributed by atoms with van der Waals surface area (Å²) in [6.07, 6.45) is 0. The van der Waals surface area contributed by atoms with Gasteiger partial charge in [-0.15, -0.1) is 0 Å². The van der Waals surface area contributed by atoms with Gasteiger partial charge in [0.25, 0.3) is 15.9 Å². The summed E-state index contributed by atoms with van der Waals surface area (Å²) in [6, 6.07) is 19.0. The van der Waals surface area contributed by atoms with Gasteiger partial charge in [0.15, 0.2) is 4.80 Å². The molecule has 1 heterocycles. The van der Waals surface area contributed by atoms with Crippen molar-refractivity contribution in [3.63, 3.8) is 0 Å². The topological polar surface area (TPSA) is 81.0 Å². The van der Waals surface area contributed by atoms with Crippen molar-refractivity contribution in [2.45, 2.75) is 11.4 Å². The molecule has 0 bridgehead atoms. The highest BCUT2D eigenvalue weighted by Gasteiger charge is 2.21. The molecule has 0 saturated heterocycles. The Morgan fingerprint density at radius 1 is 1.06 bits per heavy atom. The largest absolute Gasteiger partial charge is 0.383 e. The van der Waals surface area contributed by atoms with E-state index in [2.05, 4.69) is 4.99 Å². The molecule has 0 aliphatic carbocycles. The number of thiazole rings is 1. The third-order valence-electron chi connectivity index (χ3n) is 5.25. The van der Waals surface area contributed by atoms with Gasteiger partial charge < -0.3 is 9.30 Å². The number of sulfonamides is 1. The van der Waals surface area contributed by atoms with Gasteiger partial charge >= 0.3 is 0 Å². The SMILES string of the molecule is COCCn1c(=NC(=O)c2ccc(S(=O)(=O)N(C)c3ccccc3)cc2)sc2cccc(F)c21. The fraction of sp³-hybridized carbons (Fsp3) is 0.167. The second-order valence-corrected chi connectivity index (χ2v) is 10.3. The van der Waals surface area contributed by atoms with Crippen molar-refractivity contribution >= 4 is 43.2 Å². The Kier molecular flexibility index (Phi) is 6.92. The van der Waals surface area contributed by atoms with Crippen molar-refractivity contribution in [1.29, 1.82) is 0 Å². The summed E-state index contributed by atoms with van der Waals surface area (Å²) in [6.45, 7) is 0.648. The molecule has 4 rings (SSSR count). The fourth-order valence-corrected chi connectivity index (χ4v) is 5.68. The van der Waals surface area contributed by atoms with Crippen molar-refractivity contribution in [3.8, 4) is 0 Å². The third kappa shape index (κ3) is 4.65. The van der Waals surface area contributed by atoms with Crippen LogP contribution in [0.5, 0.6) is 0 Å². The molecule has 1 amide bonds. The molecule has 0 spiro atoms. The zero-order valence-electron chi connectivity index (χ0n) is 18.5. The summed E-state index contributed by atoms with van der Waals surface area (Å²) in [5, 5.41) is 0. The Hall–Kier alpha value is -3.34. The average Bonchev–Trinajstić information content (AvgIpc) is 3.20. The normalized spacial score (nSPS) is 12.3. The molecule has 10 heteroatoms. The summed E-state index contributed by atoms with van der Waals surface area (Å²) < 4.78 is 48.9. The van der Waals surface area contributed by atoms with E-state index in [0.717, 1.165) is 0 Å². The zero-order chi connectivity index (χ0) is 24.3. The molecular formula is C24H22FN3O4S2. The first kappa shape index (κ1) is 23.8. The van der Waals surface area contributed by atoms with Crippen LogP contribution in [0.2, 0.25) is 0 Å². The van der Waals surface area contributed by atoms with Crippen LogP contribution in [0.25, 0.3) is 10.2 Å². The summed E-state index contributed by atoms with van der Waals surface area (Å²) in [5.41, 5.74) is 1.11. The van der Waals surface area contributed by atoms with Crippen molar-refractivity contribution in [2.75, 3.05) is 25.1 Å². The van der Waals surface area contributed by atoms with Crippen LogP contribution in [0, 0.1) is 5.82 Å². The molecule has 0 unspecified atom stereocenters. The first-order valence-electron chi connectivity index (χ1n) is 10.3. The highest BCUT2D eigenvalue weighted by atomic mass is 32.2. The van der Waals surface area contributed by atoms with E-state index in [1.807, 2.05) is 0 Å². The van der Waals surface area contributed by atoms with Crippen LogP contribution in [0.1, 0.15) is 10.4 Å². The number of hydrogen-bond acceptors (Lipinski definition) is 5. The molecule has 0 radical (unpaired) electrons. The number of fused-ring (bicyclic) bond motifs is 1. The fourth-order valence-electron chi connectivity index (χ4n) is 3.42. The molecule has 0 fully saturated rings. The smallest absolute Gasteiger partial charge is 0.279 e. The average molecular weight is 500 g/mol. The minimum Gasteiger partial charge on any atom is -0.383 e. The van der Waals surface area contributed by atoms with Gasteiger partial charge in [0.2, 0.25) is 0 Å². The van der Waals surface area contributed by atoms with Crippen LogP contribution in [0.3, 0.4) is 0 Å². The number of halogens is 1. The molecule has 0 saturated carbocycles. The molecular weight excluding hydrogens is 477 g/mol. The number of para-hydroxylation sites is 2. The predicted octanol–water partition coefficient (Wildman–Crippen LogP) is 4.05. The van der Waals surface area contributed by atoms with E-state index in [-0.39, 0.29) is 10.5 Å². The van der Waals surface area contributed by atoms with Crippen LogP contribution >= 0.6 is 11.3 Å². The predicted molar refractivity (Wildman–Crippen MR) is 130 cm³/mol. The van der Waals surface area contributed by atoms with E-state index < -0.39 is 21.7 Å². The second kappa shape index (κ2) is 9.88. The third-order valence-corrected chi connectivity index (χ3v) is 8.09. The number of amides is 1. The van der Waals surface area contributed by atoms with Gasteiger partial charge in [-0.05, 0) is 48.5 Å². The summed E-state index contributed by atoms with van der Waals surface area (Å²) in [4.78, 5) is 17.4. The van der Waals surface area contributed by atoms with Gasteiger partial charge in [-0.2, -0.15) is 4.99 Å². The minimum absolute atomic E-state index is 0.0505. The lowest BCUT2D eigenvalue weighted by Gasteiger charge is -2.19. The Morgan fingerprint density at radius 2 is 1.76 bits per heavy atom. The Morgan fingerprint density at radius 3 is 2.44 bits per heavy atom. The van der Waals surface area contributed by atoms with E-state index in [4.69, 9.17) is 4.74 Å². The maximum atomic E-state index is 14.4. The maximum absolute atomic E-state index is 14.4.